The minimum atomic E-state index is -0.0959. The molecule has 0 saturated heterocycles. The van der Waals surface area contributed by atoms with E-state index in [4.69, 9.17) is 4.98 Å². The van der Waals surface area contributed by atoms with Gasteiger partial charge >= 0.3 is 0 Å². The zero-order valence-corrected chi connectivity index (χ0v) is 17.3. The molecule has 5 rings (SSSR count). The average Bonchev–Trinajstić information content (AvgIpc) is 3.38. The van der Waals surface area contributed by atoms with Crippen molar-refractivity contribution in [3.05, 3.63) is 51.1 Å². The Balaban J connectivity index is 1.61. The van der Waals surface area contributed by atoms with Crippen molar-refractivity contribution in [1.82, 2.24) is 14.9 Å². The molecule has 2 aliphatic carbocycles. The molecule has 2 aliphatic rings. The number of amides is 1. The van der Waals surface area contributed by atoms with Crippen LogP contribution in [0.25, 0.3) is 21.6 Å². The Labute approximate surface area is 173 Å². The van der Waals surface area contributed by atoms with Gasteiger partial charge in [-0.3, -0.25) is 14.2 Å². The van der Waals surface area contributed by atoms with Gasteiger partial charge in [0, 0.05) is 16.5 Å². The third kappa shape index (κ3) is 3.50. The molecular weight excluding hydrogens is 382 g/mol. The van der Waals surface area contributed by atoms with E-state index in [1.807, 2.05) is 30.3 Å². The van der Waals surface area contributed by atoms with Crippen LogP contribution in [0, 0.1) is 0 Å². The molecule has 5 nitrogen and oxygen atoms in total. The minimum absolute atomic E-state index is 0.0210. The largest absolute Gasteiger partial charge is 0.352 e. The van der Waals surface area contributed by atoms with E-state index in [1.165, 1.54) is 16.9 Å². The van der Waals surface area contributed by atoms with Gasteiger partial charge in [0.05, 0.1) is 5.39 Å². The predicted octanol–water partition coefficient (Wildman–Crippen LogP) is 4.06. The first kappa shape index (κ1) is 18.6. The first-order valence-electron chi connectivity index (χ1n) is 10.6. The van der Waals surface area contributed by atoms with Gasteiger partial charge in [0.1, 0.15) is 17.2 Å². The molecule has 150 valence electrons. The molecule has 1 fully saturated rings. The van der Waals surface area contributed by atoms with Crippen molar-refractivity contribution in [3.8, 4) is 11.4 Å². The Morgan fingerprint density at radius 3 is 2.66 bits per heavy atom. The van der Waals surface area contributed by atoms with E-state index in [0.29, 0.717) is 5.82 Å². The number of nitrogens with one attached hydrogen (secondary N) is 1. The lowest BCUT2D eigenvalue weighted by molar-refractivity contribution is -0.122. The standard InChI is InChI=1S/C23H25N3O2S/c27-19(24-16-10-4-5-11-16)14-26-21(15-8-2-1-3-9-15)25-22-20(23(26)28)17-12-6-7-13-18(17)29-22/h1-3,8-9,16H,4-7,10-14H2,(H,24,27). The van der Waals surface area contributed by atoms with E-state index in [9.17, 15) is 9.59 Å². The number of carbonyl (C=O) groups is 1. The summed E-state index contributed by atoms with van der Waals surface area (Å²) >= 11 is 1.65. The molecule has 0 atom stereocenters. The summed E-state index contributed by atoms with van der Waals surface area (Å²) in [6, 6.07) is 9.96. The topological polar surface area (TPSA) is 64.0 Å². The van der Waals surface area contributed by atoms with E-state index >= 15 is 0 Å². The van der Waals surface area contributed by atoms with Crippen LogP contribution in [0.1, 0.15) is 49.0 Å². The molecule has 0 aliphatic heterocycles. The maximum atomic E-state index is 13.6. The van der Waals surface area contributed by atoms with Crippen LogP contribution in [0.2, 0.25) is 0 Å². The molecule has 0 bridgehead atoms. The molecule has 0 unspecified atom stereocenters. The van der Waals surface area contributed by atoms with E-state index in [1.54, 1.807) is 15.9 Å². The number of fused-ring (bicyclic) bond motifs is 3. The molecule has 6 heteroatoms. The Bertz CT molecular complexity index is 1110. The summed E-state index contributed by atoms with van der Waals surface area (Å²) in [4.78, 5) is 33.4. The van der Waals surface area contributed by atoms with Crippen molar-refractivity contribution >= 4 is 27.5 Å². The predicted molar refractivity (Wildman–Crippen MR) is 116 cm³/mol. The summed E-state index contributed by atoms with van der Waals surface area (Å²) in [5.41, 5.74) is 1.96. The monoisotopic (exact) mass is 407 g/mol. The number of thiophene rings is 1. The third-order valence-electron chi connectivity index (χ3n) is 6.13. The molecule has 1 saturated carbocycles. The number of carbonyl (C=O) groups excluding carboxylic acids is 1. The van der Waals surface area contributed by atoms with Gasteiger partial charge in [0.25, 0.3) is 5.56 Å². The zero-order chi connectivity index (χ0) is 19.8. The van der Waals surface area contributed by atoms with Crippen LogP contribution in [0.3, 0.4) is 0 Å². The van der Waals surface area contributed by atoms with Crippen LogP contribution in [0.5, 0.6) is 0 Å². The lowest BCUT2D eigenvalue weighted by atomic mass is 9.97. The smallest absolute Gasteiger partial charge is 0.263 e. The summed E-state index contributed by atoms with van der Waals surface area (Å²) < 4.78 is 1.59. The van der Waals surface area contributed by atoms with E-state index in [0.717, 1.165) is 60.7 Å². The highest BCUT2D eigenvalue weighted by Gasteiger charge is 2.24. The number of nitrogens with zero attached hydrogens (tertiary/aromatic N) is 2. The normalized spacial score (nSPS) is 16.8. The first-order chi connectivity index (χ1) is 14.2. The zero-order valence-electron chi connectivity index (χ0n) is 16.4. The van der Waals surface area contributed by atoms with Crippen LogP contribution in [0.4, 0.5) is 0 Å². The highest BCUT2D eigenvalue weighted by Crippen LogP contribution is 2.34. The van der Waals surface area contributed by atoms with Crippen LogP contribution >= 0.6 is 11.3 Å². The van der Waals surface area contributed by atoms with Gasteiger partial charge in [0.2, 0.25) is 5.91 Å². The molecule has 29 heavy (non-hydrogen) atoms. The number of aryl methyl sites for hydroxylation is 2. The second-order valence-electron chi connectivity index (χ2n) is 8.13. The van der Waals surface area contributed by atoms with Crippen LogP contribution in [-0.4, -0.2) is 21.5 Å². The van der Waals surface area contributed by atoms with Gasteiger partial charge < -0.3 is 5.32 Å². The van der Waals surface area contributed by atoms with Crippen molar-refractivity contribution in [3.63, 3.8) is 0 Å². The van der Waals surface area contributed by atoms with Gasteiger partial charge in [-0.25, -0.2) is 4.98 Å². The van der Waals surface area contributed by atoms with E-state index in [2.05, 4.69) is 5.32 Å². The molecule has 0 spiro atoms. The van der Waals surface area contributed by atoms with Crippen molar-refractivity contribution in [2.24, 2.45) is 0 Å². The Kier molecular flexibility index (Phi) is 4.96. The summed E-state index contributed by atoms with van der Waals surface area (Å²) in [6.45, 7) is 0.0210. The lowest BCUT2D eigenvalue weighted by Gasteiger charge is -2.16. The van der Waals surface area contributed by atoms with E-state index < -0.39 is 0 Å². The number of hydrogen-bond donors (Lipinski definition) is 1. The van der Waals surface area contributed by atoms with Gasteiger partial charge in [-0.1, -0.05) is 43.2 Å². The summed E-state index contributed by atoms with van der Waals surface area (Å²) in [5.74, 6) is 0.490. The fourth-order valence-electron chi connectivity index (χ4n) is 4.68. The second-order valence-corrected chi connectivity index (χ2v) is 9.22. The van der Waals surface area contributed by atoms with Gasteiger partial charge in [-0.2, -0.15) is 0 Å². The average molecular weight is 408 g/mol. The first-order valence-corrected chi connectivity index (χ1v) is 11.4. The Morgan fingerprint density at radius 1 is 1.10 bits per heavy atom. The van der Waals surface area contributed by atoms with Crippen LogP contribution in [0.15, 0.2) is 35.1 Å². The number of benzene rings is 1. The van der Waals surface area contributed by atoms with Gasteiger partial charge in [-0.05, 0) is 44.1 Å². The maximum absolute atomic E-state index is 13.6. The second kappa shape index (κ2) is 7.75. The number of hydrogen-bond acceptors (Lipinski definition) is 4. The molecule has 1 aromatic carbocycles. The van der Waals surface area contributed by atoms with Gasteiger partial charge in [-0.15, -0.1) is 11.3 Å². The van der Waals surface area contributed by atoms with Crippen molar-refractivity contribution in [2.45, 2.75) is 64.0 Å². The maximum Gasteiger partial charge on any atom is 0.263 e. The van der Waals surface area contributed by atoms with Crippen LogP contribution < -0.4 is 10.9 Å². The van der Waals surface area contributed by atoms with Crippen molar-refractivity contribution in [1.29, 1.82) is 0 Å². The van der Waals surface area contributed by atoms with Crippen LogP contribution in [-0.2, 0) is 24.2 Å². The molecule has 3 aromatic rings. The lowest BCUT2D eigenvalue weighted by Crippen LogP contribution is -2.38. The fraction of sp³-hybridized carbons (Fsp3) is 0.435. The summed E-state index contributed by atoms with van der Waals surface area (Å²) in [5, 5.41) is 3.85. The minimum Gasteiger partial charge on any atom is -0.352 e. The molecule has 0 radical (unpaired) electrons. The third-order valence-corrected chi connectivity index (χ3v) is 7.31. The number of aromatic nitrogens is 2. The number of rotatable bonds is 4. The highest BCUT2D eigenvalue weighted by atomic mass is 32.1. The molecule has 2 heterocycles. The quantitative estimate of drug-likeness (QED) is 0.709. The highest BCUT2D eigenvalue weighted by molar-refractivity contribution is 7.18. The summed E-state index contributed by atoms with van der Waals surface area (Å²) in [7, 11) is 0. The molecule has 1 amide bonds. The van der Waals surface area contributed by atoms with E-state index in [-0.39, 0.29) is 24.1 Å². The summed E-state index contributed by atoms with van der Waals surface area (Å²) in [6.07, 6.45) is 8.63. The molecule has 2 aromatic heterocycles. The molecule has 1 N–H and O–H groups in total. The van der Waals surface area contributed by atoms with Gasteiger partial charge in [0.15, 0.2) is 0 Å². The van der Waals surface area contributed by atoms with Crippen molar-refractivity contribution in [2.75, 3.05) is 0 Å². The SMILES string of the molecule is O=C(Cn1c(-c2ccccc2)nc2sc3c(c2c1=O)CCCC3)NC1CCCC1. The van der Waals surface area contributed by atoms with Crippen molar-refractivity contribution < 1.29 is 4.79 Å². The fourth-order valence-corrected chi connectivity index (χ4v) is 5.93. The molecular formula is C23H25N3O2S. The Morgan fingerprint density at radius 2 is 1.86 bits per heavy atom. The Hall–Kier alpha value is -2.47.